The maximum atomic E-state index is 6.33. The summed E-state index contributed by atoms with van der Waals surface area (Å²) in [7, 11) is 1.94. The van der Waals surface area contributed by atoms with Gasteiger partial charge in [0.2, 0.25) is 0 Å². The molecule has 0 saturated carbocycles. The molecule has 1 unspecified atom stereocenters. The first-order chi connectivity index (χ1) is 8.24. The lowest BCUT2D eigenvalue weighted by atomic mass is 9.99. The second-order valence-electron chi connectivity index (χ2n) is 3.78. The van der Waals surface area contributed by atoms with Gasteiger partial charge < -0.3 is 5.32 Å². The lowest BCUT2D eigenvalue weighted by Crippen LogP contribution is -2.18. The Morgan fingerprint density at radius 1 is 1.06 bits per heavy atom. The fraction of sp³-hybridized carbons (Fsp3) is 0.143. The Bertz CT molecular complexity index is 499. The van der Waals surface area contributed by atoms with E-state index in [1.54, 1.807) is 0 Å². The van der Waals surface area contributed by atoms with Crippen molar-refractivity contribution in [2.45, 2.75) is 6.04 Å². The number of hydrogen-bond donors (Lipinski definition) is 1. The van der Waals surface area contributed by atoms with E-state index in [1.807, 2.05) is 43.4 Å². The van der Waals surface area contributed by atoms with Gasteiger partial charge in [-0.2, -0.15) is 0 Å². The summed E-state index contributed by atoms with van der Waals surface area (Å²) in [6.45, 7) is 0. The van der Waals surface area contributed by atoms with Crippen LogP contribution in [0.1, 0.15) is 17.2 Å². The van der Waals surface area contributed by atoms with Gasteiger partial charge >= 0.3 is 0 Å². The van der Waals surface area contributed by atoms with E-state index < -0.39 is 0 Å². The van der Waals surface area contributed by atoms with E-state index in [2.05, 4.69) is 33.4 Å². The summed E-state index contributed by atoms with van der Waals surface area (Å²) in [5.74, 6) is 0. The highest BCUT2D eigenvalue weighted by Gasteiger charge is 2.15. The average Bonchev–Trinajstić information content (AvgIpc) is 2.37. The minimum Gasteiger partial charge on any atom is -0.309 e. The largest absolute Gasteiger partial charge is 0.309 e. The maximum Gasteiger partial charge on any atom is 0.0599 e. The highest BCUT2D eigenvalue weighted by atomic mass is 79.9. The normalized spacial score (nSPS) is 12.4. The van der Waals surface area contributed by atoms with Crippen molar-refractivity contribution in [3.63, 3.8) is 0 Å². The summed E-state index contributed by atoms with van der Waals surface area (Å²) in [5.41, 5.74) is 2.28. The zero-order valence-corrected chi connectivity index (χ0v) is 11.8. The molecule has 0 spiro atoms. The Balaban J connectivity index is 2.46. The van der Waals surface area contributed by atoms with Crippen molar-refractivity contribution in [2.24, 2.45) is 0 Å². The van der Waals surface area contributed by atoms with Crippen LogP contribution in [0.25, 0.3) is 0 Å². The zero-order valence-electron chi connectivity index (χ0n) is 9.45. The quantitative estimate of drug-likeness (QED) is 0.885. The smallest absolute Gasteiger partial charge is 0.0599 e. The molecule has 3 heteroatoms. The SMILES string of the molecule is CNC(c1ccccc1)c1cccc(Br)c1Cl. The fourth-order valence-corrected chi connectivity index (χ4v) is 2.51. The van der Waals surface area contributed by atoms with Gasteiger partial charge in [-0.25, -0.2) is 0 Å². The summed E-state index contributed by atoms with van der Waals surface area (Å²) in [6, 6.07) is 16.4. The van der Waals surface area contributed by atoms with Gasteiger partial charge in [0.15, 0.2) is 0 Å². The van der Waals surface area contributed by atoms with Crippen LogP contribution in [0.15, 0.2) is 53.0 Å². The van der Waals surface area contributed by atoms with Crippen molar-refractivity contribution in [1.82, 2.24) is 5.32 Å². The van der Waals surface area contributed by atoms with E-state index >= 15 is 0 Å². The highest BCUT2D eigenvalue weighted by Crippen LogP contribution is 2.32. The minimum atomic E-state index is 0.112. The zero-order chi connectivity index (χ0) is 12.3. The predicted molar refractivity (Wildman–Crippen MR) is 76.5 cm³/mol. The van der Waals surface area contributed by atoms with Crippen molar-refractivity contribution in [1.29, 1.82) is 0 Å². The van der Waals surface area contributed by atoms with Gasteiger partial charge in [0.1, 0.15) is 0 Å². The maximum absolute atomic E-state index is 6.33. The standard InChI is InChI=1S/C14H13BrClN/c1-17-14(10-6-3-2-4-7-10)11-8-5-9-12(15)13(11)16/h2-9,14,17H,1H3. The molecule has 0 saturated heterocycles. The van der Waals surface area contributed by atoms with Gasteiger partial charge in [-0.15, -0.1) is 0 Å². The Morgan fingerprint density at radius 3 is 2.41 bits per heavy atom. The van der Waals surface area contributed by atoms with Gasteiger partial charge in [-0.1, -0.05) is 54.1 Å². The summed E-state index contributed by atoms with van der Waals surface area (Å²) < 4.78 is 0.924. The molecule has 2 rings (SSSR count). The number of halogens is 2. The van der Waals surface area contributed by atoms with Crippen LogP contribution in [0.3, 0.4) is 0 Å². The molecule has 17 heavy (non-hydrogen) atoms. The van der Waals surface area contributed by atoms with Crippen LogP contribution in [-0.4, -0.2) is 7.05 Å². The van der Waals surface area contributed by atoms with Gasteiger partial charge in [0, 0.05) is 4.47 Å². The molecule has 0 radical (unpaired) electrons. The predicted octanol–water partition coefficient (Wildman–Crippen LogP) is 4.41. The van der Waals surface area contributed by atoms with E-state index in [0.29, 0.717) is 0 Å². The third-order valence-electron chi connectivity index (χ3n) is 2.71. The molecule has 1 atom stereocenters. The monoisotopic (exact) mass is 309 g/mol. The van der Waals surface area contributed by atoms with Gasteiger partial charge in [0.05, 0.1) is 11.1 Å². The molecule has 0 aliphatic rings. The molecule has 0 heterocycles. The molecule has 2 aromatic rings. The minimum absolute atomic E-state index is 0.112. The Labute approximate surface area is 115 Å². The molecular weight excluding hydrogens is 298 g/mol. The first kappa shape index (κ1) is 12.6. The lowest BCUT2D eigenvalue weighted by molar-refractivity contribution is 0.692. The van der Waals surface area contributed by atoms with Crippen LogP contribution in [-0.2, 0) is 0 Å². The molecule has 88 valence electrons. The number of hydrogen-bond acceptors (Lipinski definition) is 1. The summed E-state index contributed by atoms with van der Waals surface area (Å²) in [6.07, 6.45) is 0. The second kappa shape index (κ2) is 5.67. The van der Waals surface area contributed by atoms with Gasteiger partial charge in [-0.05, 0) is 40.2 Å². The number of rotatable bonds is 3. The van der Waals surface area contributed by atoms with E-state index in [4.69, 9.17) is 11.6 Å². The van der Waals surface area contributed by atoms with E-state index in [1.165, 1.54) is 5.56 Å². The molecule has 0 bridgehead atoms. The molecule has 0 amide bonds. The Morgan fingerprint density at radius 2 is 1.76 bits per heavy atom. The molecule has 0 aromatic heterocycles. The molecule has 0 aliphatic heterocycles. The van der Waals surface area contributed by atoms with Crippen LogP contribution in [0.5, 0.6) is 0 Å². The van der Waals surface area contributed by atoms with E-state index in [-0.39, 0.29) is 6.04 Å². The van der Waals surface area contributed by atoms with Crippen LogP contribution in [0.2, 0.25) is 5.02 Å². The first-order valence-corrected chi connectivity index (χ1v) is 6.57. The third-order valence-corrected chi connectivity index (χ3v) is 4.02. The molecule has 0 fully saturated rings. The average molecular weight is 311 g/mol. The Hall–Kier alpha value is -0.830. The Kier molecular flexibility index (Phi) is 4.21. The third kappa shape index (κ3) is 2.71. The molecule has 1 nitrogen and oxygen atoms in total. The van der Waals surface area contributed by atoms with Crippen LogP contribution < -0.4 is 5.32 Å². The van der Waals surface area contributed by atoms with Crippen molar-refractivity contribution in [3.05, 3.63) is 69.2 Å². The lowest BCUT2D eigenvalue weighted by Gasteiger charge is -2.19. The number of nitrogens with one attached hydrogen (secondary N) is 1. The van der Waals surface area contributed by atoms with Crippen molar-refractivity contribution in [3.8, 4) is 0 Å². The molecule has 2 aromatic carbocycles. The molecule has 1 N–H and O–H groups in total. The summed E-state index contributed by atoms with van der Waals surface area (Å²) in [4.78, 5) is 0. The van der Waals surface area contributed by atoms with Gasteiger partial charge in [0.25, 0.3) is 0 Å². The number of benzene rings is 2. The first-order valence-electron chi connectivity index (χ1n) is 5.40. The van der Waals surface area contributed by atoms with Crippen LogP contribution in [0.4, 0.5) is 0 Å². The van der Waals surface area contributed by atoms with Crippen molar-refractivity contribution >= 4 is 27.5 Å². The second-order valence-corrected chi connectivity index (χ2v) is 5.01. The van der Waals surface area contributed by atoms with Crippen LogP contribution >= 0.6 is 27.5 Å². The van der Waals surface area contributed by atoms with Crippen molar-refractivity contribution in [2.75, 3.05) is 7.05 Å². The summed E-state index contributed by atoms with van der Waals surface area (Å²) >= 11 is 9.79. The summed E-state index contributed by atoms with van der Waals surface area (Å²) in [5, 5.41) is 4.06. The molecule has 0 aliphatic carbocycles. The van der Waals surface area contributed by atoms with E-state index in [0.717, 1.165) is 15.1 Å². The topological polar surface area (TPSA) is 12.0 Å². The van der Waals surface area contributed by atoms with Crippen molar-refractivity contribution < 1.29 is 0 Å². The van der Waals surface area contributed by atoms with Crippen LogP contribution in [0, 0.1) is 0 Å². The molecular formula is C14H13BrClN. The fourth-order valence-electron chi connectivity index (χ4n) is 1.89. The van der Waals surface area contributed by atoms with Gasteiger partial charge in [-0.3, -0.25) is 0 Å². The highest BCUT2D eigenvalue weighted by molar-refractivity contribution is 9.10. The van der Waals surface area contributed by atoms with E-state index in [9.17, 15) is 0 Å².